The Labute approximate surface area is 232 Å². The predicted octanol–water partition coefficient (Wildman–Crippen LogP) is 8.24. The van der Waals surface area contributed by atoms with Crippen molar-refractivity contribution in [3.8, 4) is 33.8 Å². The molecule has 3 aromatic heterocycles. The number of hydrogen-bond donors (Lipinski definition) is 0. The van der Waals surface area contributed by atoms with Gasteiger partial charge in [-0.1, -0.05) is 109 Å². The Morgan fingerprint density at radius 2 is 0.514 bits per heavy atom. The number of nitrogens with zero attached hydrogens (tertiary/aromatic N) is 3. The van der Waals surface area contributed by atoms with Crippen LogP contribution in [0.3, 0.4) is 0 Å². The Bertz CT molecular complexity index is 1090. The second kappa shape index (κ2) is 15.7. The second-order valence-corrected chi connectivity index (χ2v) is 7.74. The molecule has 0 atom stereocenters. The van der Waals surface area contributed by atoms with Crippen LogP contribution in [0.5, 0.6) is 0 Å². The first-order chi connectivity index (χ1) is 17.9. The van der Waals surface area contributed by atoms with Gasteiger partial charge in [0.05, 0.1) is 17.1 Å². The number of benzene rings is 3. The van der Waals surface area contributed by atoms with E-state index in [0.717, 1.165) is 33.8 Å². The summed E-state index contributed by atoms with van der Waals surface area (Å²) in [4.78, 5) is 12.7. The molecule has 0 N–H and O–H groups in total. The summed E-state index contributed by atoms with van der Waals surface area (Å²) in [7, 11) is 0. The van der Waals surface area contributed by atoms with Crippen LogP contribution in [0.15, 0.2) is 164 Å². The summed E-state index contributed by atoms with van der Waals surface area (Å²) in [6, 6.07) is 48.3. The van der Waals surface area contributed by atoms with Gasteiger partial charge in [-0.05, 0) is 36.4 Å². The summed E-state index contributed by atoms with van der Waals surface area (Å²) < 4.78 is 0. The molecule has 3 aromatic carbocycles. The van der Waals surface area contributed by atoms with Gasteiger partial charge in [0.15, 0.2) is 0 Å². The maximum absolute atomic E-state index is 4.25. The van der Waals surface area contributed by atoms with E-state index in [2.05, 4.69) is 51.4 Å². The Morgan fingerprint density at radius 1 is 0.270 bits per heavy atom. The summed E-state index contributed by atoms with van der Waals surface area (Å²) in [5, 5.41) is 0. The van der Waals surface area contributed by atoms with Crippen molar-refractivity contribution in [1.82, 2.24) is 15.0 Å². The fourth-order valence-corrected chi connectivity index (χ4v) is 3.43. The first kappa shape index (κ1) is 27.4. The van der Waals surface area contributed by atoms with E-state index in [1.807, 2.05) is 128 Å². The smallest absolute Gasteiger partial charge is 0.0701 e. The Kier molecular flexibility index (Phi) is 11.6. The summed E-state index contributed by atoms with van der Waals surface area (Å²) in [6.45, 7) is 0. The molecule has 0 aliphatic rings. The topological polar surface area (TPSA) is 38.7 Å². The Hall–Kier alpha value is -4.23. The van der Waals surface area contributed by atoms with Crippen molar-refractivity contribution in [3.05, 3.63) is 164 Å². The SMILES string of the molecule is [Pd].c1ccc(-c2ccccn2)cc1.c1ccc(-c2ccccn2)cc1.c1ccc(-c2ccccn2)cc1. The van der Waals surface area contributed by atoms with Gasteiger partial charge in [-0.15, -0.1) is 0 Å². The van der Waals surface area contributed by atoms with E-state index in [1.165, 1.54) is 0 Å². The van der Waals surface area contributed by atoms with Crippen molar-refractivity contribution in [3.63, 3.8) is 0 Å². The normalized spacial score (nSPS) is 9.41. The van der Waals surface area contributed by atoms with Crippen molar-refractivity contribution in [2.75, 3.05) is 0 Å². The van der Waals surface area contributed by atoms with Crippen molar-refractivity contribution in [2.45, 2.75) is 0 Å². The average Bonchev–Trinajstić information content (AvgIpc) is 3.01. The molecule has 184 valence electrons. The fourth-order valence-electron chi connectivity index (χ4n) is 3.43. The van der Waals surface area contributed by atoms with Crippen LogP contribution in [-0.2, 0) is 20.4 Å². The van der Waals surface area contributed by atoms with Gasteiger partial charge in [0.1, 0.15) is 0 Å². The number of rotatable bonds is 3. The van der Waals surface area contributed by atoms with Crippen LogP contribution in [0.1, 0.15) is 0 Å². The molecule has 0 spiro atoms. The van der Waals surface area contributed by atoms with Gasteiger partial charge in [-0.3, -0.25) is 15.0 Å². The van der Waals surface area contributed by atoms with Crippen LogP contribution < -0.4 is 0 Å². The maximum atomic E-state index is 4.25. The zero-order valence-corrected chi connectivity index (χ0v) is 21.8. The van der Waals surface area contributed by atoms with E-state index in [0.29, 0.717) is 0 Å². The van der Waals surface area contributed by atoms with Crippen LogP contribution in [0.25, 0.3) is 33.8 Å². The van der Waals surface area contributed by atoms with Crippen molar-refractivity contribution < 1.29 is 20.4 Å². The van der Waals surface area contributed by atoms with Crippen LogP contribution in [-0.4, -0.2) is 15.0 Å². The van der Waals surface area contributed by atoms with Crippen molar-refractivity contribution >= 4 is 0 Å². The Balaban J connectivity index is 0.000000152. The van der Waals surface area contributed by atoms with Crippen molar-refractivity contribution in [1.29, 1.82) is 0 Å². The third-order valence-electron chi connectivity index (χ3n) is 5.20. The first-order valence-corrected chi connectivity index (χ1v) is 11.8. The van der Waals surface area contributed by atoms with E-state index in [-0.39, 0.29) is 20.4 Å². The molecule has 0 aliphatic heterocycles. The number of pyridine rings is 3. The van der Waals surface area contributed by atoms with Crippen LogP contribution in [0.4, 0.5) is 0 Å². The first-order valence-electron chi connectivity index (χ1n) is 11.8. The zero-order valence-electron chi connectivity index (χ0n) is 20.2. The molecule has 0 unspecified atom stereocenters. The molecule has 4 heteroatoms. The third kappa shape index (κ3) is 9.05. The summed E-state index contributed by atoms with van der Waals surface area (Å²) >= 11 is 0. The molecule has 0 bridgehead atoms. The van der Waals surface area contributed by atoms with E-state index in [9.17, 15) is 0 Å². The van der Waals surface area contributed by atoms with E-state index >= 15 is 0 Å². The van der Waals surface area contributed by atoms with Gasteiger partial charge in [-0.25, -0.2) is 0 Å². The predicted molar refractivity (Wildman–Crippen MR) is 149 cm³/mol. The van der Waals surface area contributed by atoms with E-state index < -0.39 is 0 Å². The van der Waals surface area contributed by atoms with Gasteiger partial charge in [-0.2, -0.15) is 0 Å². The molecule has 0 saturated heterocycles. The van der Waals surface area contributed by atoms with E-state index in [4.69, 9.17) is 0 Å². The zero-order chi connectivity index (χ0) is 24.7. The van der Waals surface area contributed by atoms with Crippen LogP contribution >= 0.6 is 0 Å². The molecule has 0 fully saturated rings. The molecule has 37 heavy (non-hydrogen) atoms. The fraction of sp³-hybridized carbons (Fsp3) is 0. The molecular weight excluding hydrogens is 545 g/mol. The third-order valence-corrected chi connectivity index (χ3v) is 5.20. The molecule has 0 amide bonds. The average molecular weight is 572 g/mol. The molecule has 3 nitrogen and oxygen atoms in total. The van der Waals surface area contributed by atoms with Gasteiger partial charge >= 0.3 is 0 Å². The van der Waals surface area contributed by atoms with Gasteiger partial charge < -0.3 is 0 Å². The standard InChI is InChI=1S/3C11H9N.Pd/c3*1-2-6-10(7-3-1)11-8-4-5-9-12-11;/h3*1-9H;. The van der Waals surface area contributed by atoms with E-state index in [1.54, 1.807) is 0 Å². The van der Waals surface area contributed by atoms with Crippen molar-refractivity contribution in [2.24, 2.45) is 0 Å². The number of aromatic nitrogens is 3. The monoisotopic (exact) mass is 571 g/mol. The van der Waals surface area contributed by atoms with Crippen LogP contribution in [0, 0.1) is 0 Å². The van der Waals surface area contributed by atoms with Crippen LogP contribution in [0.2, 0.25) is 0 Å². The quantitative estimate of drug-likeness (QED) is 0.201. The molecule has 0 aliphatic carbocycles. The largest absolute Gasteiger partial charge is 0.256 e. The number of hydrogen-bond acceptors (Lipinski definition) is 3. The summed E-state index contributed by atoms with van der Waals surface area (Å²) in [6.07, 6.45) is 5.42. The molecule has 6 aromatic rings. The minimum absolute atomic E-state index is 0. The molecule has 3 heterocycles. The molecule has 6 rings (SSSR count). The Morgan fingerprint density at radius 3 is 0.730 bits per heavy atom. The van der Waals surface area contributed by atoms with Gasteiger partial charge in [0.25, 0.3) is 0 Å². The van der Waals surface area contributed by atoms with Gasteiger partial charge in [0, 0.05) is 55.7 Å². The molecule has 0 saturated carbocycles. The maximum Gasteiger partial charge on any atom is 0.0701 e. The summed E-state index contributed by atoms with van der Waals surface area (Å²) in [5.41, 5.74) is 6.57. The van der Waals surface area contributed by atoms with Gasteiger partial charge in [0.2, 0.25) is 0 Å². The summed E-state index contributed by atoms with van der Waals surface area (Å²) in [5.74, 6) is 0. The second-order valence-electron chi connectivity index (χ2n) is 7.74. The minimum atomic E-state index is 0. The molecular formula is C33H27N3Pd. The molecule has 0 radical (unpaired) electrons. The minimum Gasteiger partial charge on any atom is -0.256 e.